The third-order valence-electron chi connectivity index (χ3n) is 3.49. The second kappa shape index (κ2) is 4.87. The van der Waals surface area contributed by atoms with Crippen molar-refractivity contribution >= 4 is 11.8 Å². The van der Waals surface area contributed by atoms with E-state index in [1.54, 1.807) is 6.20 Å². The first kappa shape index (κ1) is 12.1. The van der Waals surface area contributed by atoms with Crippen molar-refractivity contribution in [1.82, 2.24) is 9.97 Å². The Morgan fingerprint density at radius 3 is 2.71 bits per heavy atom. The summed E-state index contributed by atoms with van der Waals surface area (Å²) >= 11 is 0. The molecule has 0 bridgehead atoms. The first-order chi connectivity index (χ1) is 8.08. The summed E-state index contributed by atoms with van der Waals surface area (Å²) in [5.74, 6) is 1.66. The maximum atomic E-state index is 9.57. The summed E-state index contributed by atoms with van der Waals surface area (Å²) in [6.07, 6.45) is 3.55. The summed E-state index contributed by atoms with van der Waals surface area (Å²) in [5.41, 5.74) is 6.67. The average molecular weight is 236 g/mol. The van der Waals surface area contributed by atoms with Crippen LogP contribution in [0.3, 0.4) is 0 Å². The number of nitrogens with zero attached hydrogens (tertiary/aromatic N) is 3. The van der Waals surface area contributed by atoms with E-state index in [0.717, 1.165) is 37.3 Å². The molecule has 5 nitrogen and oxygen atoms in total. The fourth-order valence-electron chi connectivity index (χ4n) is 2.36. The summed E-state index contributed by atoms with van der Waals surface area (Å²) < 4.78 is 0. The number of nitrogens with two attached hydrogens (primary N) is 1. The van der Waals surface area contributed by atoms with Gasteiger partial charge >= 0.3 is 0 Å². The minimum Gasteiger partial charge on any atom is -0.393 e. The van der Waals surface area contributed by atoms with Crippen LogP contribution in [-0.4, -0.2) is 34.3 Å². The van der Waals surface area contributed by atoms with E-state index in [9.17, 15) is 5.11 Å². The predicted molar refractivity (Wildman–Crippen MR) is 67.8 cm³/mol. The lowest BCUT2D eigenvalue weighted by Gasteiger charge is -2.34. The van der Waals surface area contributed by atoms with Gasteiger partial charge in [0.05, 0.1) is 6.10 Å². The normalized spacial score (nSPS) is 19.4. The highest BCUT2D eigenvalue weighted by Crippen LogP contribution is 2.26. The fraction of sp³-hybridized carbons (Fsp3) is 0.667. The number of rotatable bonds is 2. The van der Waals surface area contributed by atoms with Crippen LogP contribution in [0.15, 0.2) is 6.20 Å². The molecular weight excluding hydrogens is 216 g/mol. The highest BCUT2D eigenvalue weighted by Gasteiger charge is 2.24. The molecule has 1 aromatic rings. The average Bonchev–Trinajstić information content (AvgIpc) is 2.32. The molecular formula is C12H20N4O. The summed E-state index contributed by atoms with van der Waals surface area (Å²) in [4.78, 5) is 10.5. The smallest absolute Gasteiger partial charge is 0.221 e. The zero-order chi connectivity index (χ0) is 12.4. The molecule has 2 heterocycles. The molecule has 1 aromatic heterocycles. The third-order valence-corrected chi connectivity index (χ3v) is 3.49. The van der Waals surface area contributed by atoms with Gasteiger partial charge < -0.3 is 15.7 Å². The molecule has 1 aliphatic rings. The van der Waals surface area contributed by atoms with Gasteiger partial charge in [-0.15, -0.1) is 0 Å². The number of aromatic nitrogens is 2. The number of nitrogen functional groups attached to an aromatic ring is 1. The molecule has 1 aliphatic heterocycles. The van der Waals surface area contributed by atoms with Crippen LogP contribution >= 0.6 is 0 Å². The zero-order valence-electron chi connectivity index (χ0n) is 10.4. The van der Waals surface area contributed by atoms with Crippen molar-refractivity contribution in [1.29, 1.82) is 0 Å². The second-order valence-electron chi connectivity index (χ2n) is 4.80. The zero-order valence-corrected chi connectivity index (χ0v) is 10.4. The van der Waals surface area contributed by atoms with Gasteiger partial charge in [-0.3, -0.25) is 0 Å². The molecule has 1 unspecified atom stereocenters. The Bertz CT molecular complexity index is 386. The Morgan fingerprint density at radius 1 is 1.47 bits per heavy atom. The van der Waals surface area contributed by atoms with E-state index in [2.05, 4.69) is 14.9 Å². The number of hydrogen-bond acceptors (Lipinski definition) is 5. The van der Waals surface area contributed by atoms with Gasteiger partial charge in [-0.05, 0) is 32.6 Å². The van der Waals surface area contributed by atoms with E-state index in [1.165, 1.54) is 0 Å². The van der Waals surface area contributed by atoms with Gasteiger partial charge in [-0.1, -0.05) is 0 Å². The van der Waals surface area contributed by atoms with Crippen LogP contribution in [0.4, 0.5) is 11.8 Å². The van der Waals surface area contributed by atoms with Crippen LogP contribution in [0.2, 0.25) is 0 Å². The molecule has 17 heavy (non-hydrogen) atoms. The monoisotopic (exact) mass is 236 g/mol. The van der Waals surface area contributed by atoms with Crippen LogP contribution < -0.4 is 10.6 Å². The van der Waals surface area contributed by atoms with E-state index in [1.807, 2.05) is 13.8 Å². The lowest BCUT2D eigenvalue weighted by molar-refractivity contribution is 0.109. The van der Waals surface area contributed by atoms with Crippen molar-refractivity contribution in [2.75, 3.05) is 23.7 Å². The van der Waals surface area contributed by atoms with E-state index in [4.69, 9.17) is 5.73 Å². The SMILES string of the molecule is Cc1cnc(N)nc1N1CCC(C(C)O)CC1. The summed E-state index contributed by atoms with van der Waals surface area (Å²) in [6.45, 7) is 5.71. The standard InChI is InChI=1S/C12H20N4O/c1-8-7-14-12(13)15-11(8)16-5-3-10(4-6-16)9(2)17/h7,9-10,17H,3-6H2,1-2H3,(H2,13,14,15). The van der Waals surface area contributed by atoms with Crippen LogP contribution in [0, 0.1) is 12.8 Å². The Balaban J connectivity index is 2.07. The van der Waals surface area contributed by atoms with Gasteiger partial charge in [0.25, 0.3) is 0 Å². The largest absolute Gasteiger partial charge is 0.393 e. The van der Waals surface area contributed by atoms with Gasteiger partial charge in [0.2, 0.25) is 5.95 Å². The lowest BCUT2D eigenvalue weighted by Crippen LogP contribution is -2.38. The van der Waals surface area contributed by atoms with Crippen LogP contribution in [0.1, 0.15) is 25.3 Å². The highest BCUT2D eigenvalue weighted by molar-refractivity contribution is 5.48. The van der Waals surface area contributed by atoms with Gasteiger partial charge in [-0.2, -0.15) is 4.98 Å². The van der Waals surface area contributed by atoms with Gasteiger partial charge in [0.1, 0.15) is 5.82 Å². The highest BCUT2D eigenvalue weighted by atomic mass is 16.3. The van der Waals surface area contributed by atoms with Gasteiger partial charge in [0, 0.05) is 24.8 Å². The number of hydrogen-bond donors (Lipinski definition) is 2. The van der Waals surface area contributed by atoms with E-state index >= 15 is 0 Å². The molecule has 2 rings (SSSR count). The van der Waals surface area contributed by atoms with E-state index in [0.29, 0.717) is 11.9 Å². The van der Waals surface area contributed by atoms with Crippen molar-refractivity contribution in [3.63, 3.8) is 0 Å². The quantitative estimate of drug-likeness (QED) is 0.800. The van der Waals surface area contributed by atoms with Crippen molar-refractivity contribution in [2.45, 2.75) is 32.8 Å². The summed E-state index contributed by atoms with van der Waals surface area (Å²) in [6, 6.07) is 0. The topological polar surface area (TPSA) is 75.3 Å². The molecule has 0 amide bonds. The van der Waals surface area contributed by atoms with Crippen molar-refractivity contribution in [3.05, 3.63) is 11.8 Å². The van der Waals surface area contributed by atoms with Crippen molar-refractivity contribution in [3.8, 4) is 0 Å². The number of anilines is 2. The Labute approximate surface area is 102 Å². The van der Waals surface area contributed by atoms with Crippen molar-refractivity contribution in [2.24, 2.45) is 5.92 Å². The molecule has 0 spiro atoms. The van der Waals surface area contributed by atoms with E-state index in [-0.39, 0.29) is 6.10 Å². The molecule has 0 aliphatic carbocycles. The minimum absolute atomic E-state index is 0.214. The molecule has 5 heteroatoms. The molecule has 3 N–H and O–H groups in total. The maximum absolute atomic E-state index is 9.57. The van der Waals surface area contributed by atoms with Crippen LogP contribution in [0.5, 0.6) is 0 Å². The number of aliphatic hydroxyl groups is 1. The van der Waals surface area contributed by atoms with E-state index < -0.39 is 0 Å². The first-order valence-electron chi connectivity index (χ1n) is 6.10. The number of piperidine rings is 1. The summed E-state index contributed by atoms with van der Waals surface area (Å²) in [7, 11) is 0. The summed E-state index contributed by atoms with van der Waals surface area (Å²) in [5, 5.41) is 9.57. The fourth-order valence-corrected chi connectivity index (χ4v) is 2.36. The lowest BCUT2D eigenvalue weighted by atomic mass is 9.92. The first-order valence-corrected chi connectivity index (χ1v) is 6.10. The van der Waals surface area contributed by atoms with Crippen LogP contribution in [-0.2, 0) is 0 Å². The molecule has 0 aromatic carbocycles. The number of aliphatic hydroxyl groups excluding tert-OH is 1. The molecule has 1 fully saturated rings. The van der Waals surface area contributed by atoms with Crippen LogP contribution in [0.25, 0.3) is 0 Å². The number of aryl methyl sites for hydroxylation is 1. The predicted octanol–water partition coefficient (Wildman–Crippen LogP) is 0.964. The Morgan fingerprint density at radius 2 is 2.12 bits per heavy atom. The Hall–Kier alpha value is -1.36. The molecule has 94 valence electrons. The molecule has 0 saturated carbocycles. The maximum Gasteiger partial charge on any atom is 0.221 e. The molecule has 1 saturated heterocycles. The van der Waals surface area contributed by atoms with Crippen molar-refractivity contribution < 1.29 is 5.11 Å². The Kier molecular flexibility index (Phi) is 3.47. The van der Waals surface area contributed by atoms with Gasteiger partial charge in [-0.25, -0.2) is 4.98 Å². The molecule has 0 radical (unpaired) electrons. The minimum atomic E-state index is -0.214. The second-order valence-corrected chi connectivity index (χ2v) is 4.80. The van der Waals surface area contributed by atoms with Gasteiger partial charge in [0.15, 0.2) is 0 Å². The third kappa shape index (κ3) is 2.66. The molecule has 1 atom stereocenters.